The summed E-state index contributed by atoms with van der Waals surface area (Å²) in [6.45, 7) is 2.04. The maximum Gasteiger partial charge on any atom is 0.269 e. The molecular weight excluding hydrogens is 372 g/mol. The average Bonchev–Trinajstić information content (AvgIpc) is 3.21. The Morgan fingerprint density at radius 2 is 2.00 bits per heavy atom. The first-order chi connectivity index (χ1) is 12.9. The molecule has 0 aliphatic carbocycles. The minimum absolute atomic E-state index is 0.0251. The highest BCUT2D eigenvalue weighted by molar-refractivity contribution is 7.89. The Bertz CT molecular complexity index is 790. The van der Waals surface area contributed by atoms with E-state index in [9.17, 15) is 23.3 Å². The van der Waals surface area contributed by atoms with Crippen LogP contribution in [-0.2, 0) is 14.8 Å². The number of carbonyl (C=O) groups excluding carboxylic acids is 1. The number of nitro groups is 1. The third-order valence-electron chi connectivity index (χ3n) is 5.11. The highest BCUT2D eigenvalue weighted by Gasteiger charge is 2.31. The number of amides is 1. The lowest BCUT2D eigenvalue weighted by molar-refractivity contribution is -0.384. The Morgan fingerprint density at radius 3 is 2.63 bits per heavy atom. The molecule has 2 unspecified atom stereocenters. The van der Waals surface area contributed by atoms with Crippen molar-refractivity contribution in [3.8, 4) is 0 Å². The molecule has 9 nitrogen and oxygen atoms in total. The van der Waals surface area contributed by atoms with Gasteiger partial charge < -0.3 is 10.6 Å². The number of sulfonamides is 1. The number of carbonyl (C=O) groups is 1. The van der Waals surface area contributed by atoms with Crippen molar-refractivity contribution in [3.05, 3.63) is 34.4 Å². The van der Waals surface area contributed by atoms with Crippen molar-refractivity contribution in [2.75, 3.05) is 26.2 Å². The molecule has 0 bridgehead atoms. The van der Waals surface area contributed by atoms with Crippen molar-refractivity contribution >= 4 is 21.6 Å². The van der Waals surface area contributed by atoms with Gasteiger partial charge in [0.25, 0.3) is 5.69 Å². The molecule has 2 aliphatic rings. The third-order valence-corrected chi connectivity index (χ3v) is 6.99. The molecule has 0 saturated carbocycles. The van der Waals surface area contributed by atoms with Crippen LogP contribution < -0.4 is 10.6 Å². The average molecular weight is 396 g/mol. The van der Waals surface area contributed by atoms with Crippen LogP contribution in [0.4, 0.5) is 5.69 Å². The number of rotatable bonds is 6. The summed E-state index contributed by atoms with van der Waals surface area (Å²) < 4.78 is 27.0. The molecule has 1 aromatic carbocycles. The molecular formula is C17H24N4O5S. The van der Waals surface area contributed by atoms with Crippen LogP contribution in [0.2, 0.25) is 0 Å². The van der Waals surface area contributed by atoms with Gasteiger partial charge in [-0.3, -0.25) is 14.9 Å². The molecule has 2 atom stereocenters. The van der Waals surface area contributed by atoms with Gasteiger partial charge in [0.2, 0.25) is 15.9 Å². The standard InChI is InChI=1S/C17H24N4O5S/c22-17(16-4-1-9-18-16)19-11-13-3-2-10-20(12-13)27(25,26)15-7-5-14(6-8-15)21(23)24/h5-8,13,16,18H,1-4,9-12H2,(H,19,22). The number of nitrogens with zero attached hydrogens (tertiary/aromatic N) is 2. The predicted molar refractivity (Wildman–Crippen MR) is 98.6 cm³/mol. The number of nitro benzene ring substituents is 1. The summed E-state index contributed by atoms with van der Waals surface area (Å²) >= 11 is 0. The van der Waals surface area contributed by atoms with Crippen molar-refractivity contribution in [1.82, 2.24) is 14.9 Å². The fourth-order valence-electron chi connectivity index (χ4n) is 3.58. The van der Waals surface area contributed by atoms with Gasteiger partial charge in [-0.05, 0) is 50.3 Å². The van der Waals surface area contributed by atoms with Crippen LogP contribution in [0.25, 0.3) is 0 Å². The van der Waals surface area contributed by atoms with Crippen molar-refractivity contribution in [1.29, 1.82) is 0 Å². The fourth-order valence-corrected chi connectivity index (χ4v) is 5.13. The van der Waals surface area contributed by atoms with Crippen LogP contribution in [-0.4, -0.2) is 55.8 Å². The normalized spacial score (nSPS) is 23.9. The van der Waals surface area contributed by atoms with Crippen LogP contribution in [0.1, 0.15) is 25.7 Å². The Morgan fingerprint density at radius 1 is 1.26 bits per heavy atom. The van der Waals surface area contributed by atoms with Crippen LogP contribution in [0.3, 0.4) is 0 Å². The molecule has 27 heavy (non-hydrogen) atoms. The van der Waals surface area contributed by atoms with Gasteiger partial charge in [-0.2, -0.15) is 4.31 Å². The first-order valence-corrected chi connectivity index (χ1v) is 10.6. The maximum atomic E-state index is 12.8. The molecule has 10 heteroatoms. The van der Waals surface area contributed by atoms with E-state index in [4.69, 9.17) is 0 Å². The largest absolute Gasteiger partial charge is 0.354 e. The van der Waals surface area contributed by atoms with E-state index >= 15 is 0 Å². The molecule has 3 rings (SSSR count). The summed E-state index contributed by atoms with van der Waals surface area (Å²) in [7, 11) is -3.71. The van der Waals surface area contributed by atoms with E-state index in [0.717, 1.165) is 25.8 Å². The summed E-state index contributed by atoms with van der Waals surface area (Å²) in [5.41, 5.74) is -0.145. The molecule has 2 heterocycles. The number of piperidine rings is 1. The summed E-state index contributed by atoms with van der Waals surface area (Å²) in [5, 5.41) is 16.8. The number of benzene rings is 1. The zero-order chi connectivity index (χ0) is 19.4. The van der Waals surface area contributed by atoms with E-state index in [1.54, 1.807) is 0 Å². The van der Waals surface area contributed by atoms with Gasteiger partial charge in [0, 0.05) is 31.8 Å². The topological polar surface area (TPSA) is 122 Å². The second-order valence-corrected chi connectivity index (χ2v) is 8.95. The smallest absolute Gasteiger partial charge is 0.269 e. The highest BCUT2D eigenvalue weighted by Crippen LogP contribution is 2.25. The quantitative estimate of drug-likeness (QED) is 0.543. The molecule has 0 spiro atoms. The van der Waals surface area contributed by atoms with Crippen LogP contribution >= 0.6 is 0 Å². The second kappa shape index (κ2) is 8.32. The molecule has 2 N–H and O–H groups in total. The summed E-state index contributed by atoms with van der Waals surface area (Å²) in [5.74, 6) is 0.0276. The molecule has 1 amide bonds. The van der Waals surface area contributed by atoms with E-state index in [-0.39, 0.29) is 28.4 Å². The highest BCUT2D eigenvalue weighted by atomic mass is 32.2. The molecule has 2 aliphatic heterocycles. The third kappa shape index (κ3) is 4.63. The van der Waals surface area contributed by atoms with Crippen molar-refractivity contribution in [2.45, 2.75) is 36.6 Å². The second-order valence-electron chi connectivity index (χ2n) is 7.02. The zero-order valence-electron chi connectivity index (χ0n) is 15.0. The molecule has 0 radical (unpaired) electrons. The maximum absolute atomic E-state index is 12.8. The van der Waals surface area contributed by atoms with Crippen LogP contribution in [0.15, 0.2) is 29.2 Å². The van der Waals surface area contributed by atoms with Crippen LogP contribution in [0, 0.1) is 16.0 Å². The van der Waals surface area contributed by atoms with Gasteiger partial charge in [0.05, 0.1) is 15.9 Å². The van der Waals surface area contributed by atoms with Gasteiger partial charge in [-0.1, -0.05) is 0 Å². The molecule has 0 aromatic heterocycles. The SMILES string of the molecule is O=C(NCC1CCCN(S(=O)(=O)c2ccc([N+](=O)[O-])cc2)C1)C1CCCN1. The predicted octanol–water partition coefficient (Wildman–Crippen LogP) is 0.864. The molecule has 148 valence electrons. The molecule has 1 aromatic rings. The lowest BCUT2D eigenvalue weighted by Gasteiger charge is -2.32. The van der Waals surface area contributed by atoms with E-state index < -0.39 is 14.9 Å². The van der Waals surface area contributed by atoms with Gasteiger partial charge in [-0.15, -0.1) is 0 Å². The summed E-state index contributed by atoms with van der Waals surface area (Å²) in [6, 6.07) is 4.79. The fraction of sp³-hybridized carbons (Fsp3) is 0.588. The van der Waals surface area contributed by atoms with E-state index in [2.05, 4.69) is 10.6 Å². The van der Waals surface area contributed by atoms with Crippen LogP contribution in [0.5, 0.6) is 0 Å². The van der Waals surface area contributed by atoms with Gasteiger partial charge in [0.15, 0.2) is 0 Å². The Labute approximate surface area is 158 Å². The van der Waals surface area contributed by atoms with Gasteiger partial charge >= 0.3 is 0 Å². The number of hydrogen-bond donors (Lipinski definition) is 2. The number of hydrogen-bond acceptors (Lipinski definition) is 6. The Hall–Kier alpha value is -2.04. The van der Waals surface area contributed by atoms with Crippen molar-refractivity contribution in [3.63, 3.8) is 0 Å². The van der Waals surface area contributed by atoms with Crippen molar-refractivity contribution < 1.29 is 18.1 Å². The lowest BCUT2D eigenvalue weighted by Crippen LogP contribution is -2.46. The van der Waals surface area contributed by atoms with Gasteiger partial charge in [-0.25, -0.2) is 8.42 Å². The van der Waals surface area contributed by atoms with E-state index in [1.165, 1.54) is 28.6 Å². The molecule has 2 saturated heterocycles. The monoisotopic (exact) mass is 396 g/mol. The number of nitrogens with one attached hydrogen (secondary N) is 2. The number of non-ortho nitro benzene ring substituents is 1. The zero-order valence-corrected chi connectivity index (χ0v) is 15.8. The Kier molecular flexibility index (Phi) is 6.08. The van der Waals surface area contributed by atoms with E-state index in [1.807, 2.05) is 0 Å². The Balaban J connectivity index is 1.60. The summed E-state index contributed by atoms with van der Waals surface area (Å²) in [4.78, 5) is 22.3. The van der Waals surface area contributed by atoms with Crippen molar-refractivity contribution in [2.24, 2.45) is 5.92 Å². The summed E-state index contributed by atoms with van der Waals surface area (Å²) in [6.07, 6.45) is 3.39. The first kappa shape index (κ1) is 19.7. The molecule has 2 fully saturated rings. The van der Waals surface area contributed by atoms with E-state index in [0.29, 0.717) is 26.1 Å². The first-order valence-electron chi connectivity index (χ1n) is 9.13. The minimum Gasteiger partial charge on any atom is -0.354 e. The lowest BCUT2D eigenvalue weighted by atomic mass is 9.99. The minimum atomic E-state index is -3.71. The van der Waals surface area contributed by atoms with Gasteiger partial charge in [0.1, 0.15) is 0 Å².